The van der Waals surface area contributed by atoms with Crippen LogP contribution in [0.1, 0.15) is 32.4 Å². The van der Waals surface area contributed by atoms with Crippen molar-refractivity contribution in [3.05, 3.63) is 18.0 Å². The van der Waals surface area contributed by atoms with Gasteiger partial charge in [-0.2, -0.15) is 0 Å². The molecular weight excluding hydrogens is 220 g/mol. The molecular formula is C11H18N4S. The summed E-state index contributed by atoms with van der Waals surface area (Å²) in [6.45, 7) is 6.18. The molecule has 1 heterocycles. The van der Waals surface area contributed by atoms with Crippen LogP contribution >= 0.6 is 12.2 Å². The van der Waals surface area contributed by atoms with Crippen molar-refractivity contribution < 1.29 is 0 Å². The molecule has 0 bridgehead atoms. The van der Waals surface area contributed by atoms with Gasteiger partial charge >= 0.3 is 0 Å². The fourth-order valence-electron chi connectivity index (χ4n) is 1.38. The van der Waals surface area contributed by atoms with Crippen LogP contribution in [0.5, 0.6) is 0 Å². The SMILES string of the molecule is CCC[C@H](C)NC(=S)Nc1nccc(C)n1. The van der Waals surface area contributed by atoms with Crippen molar-refractivity contribution in [1.82, 2.24) is 15.3 Å². The number of aromatic nitrogens is 2. The van der Waals surface area contributed by atoms with E-state index >= 15 is 0 Å². The molecule has 0 saturated carbocycles. The maximum atomic E-state index is 5.17. The molecule has 1 rings (SSSR count). The number of hydrogen-bond acceptors (Lipinski definition) is 3. The van der Waals surface area contributed by atoms with Gasteiger partial charge in [0.05, 0.1) is 0 Å². The minimum Gasteiger partial charge on any atom is -0.360 e. The Hall–Kier alpha value is -1.23. The van der Waals surface area contributed by atoms with Crippen LogP contribution in [0.25, 0.3) is 0 Å². The van der Waals surface area contributed by atoms with E-state index in [1.54, 1.807) is 6.20 Å². The molecule has 2 N–H and O–H groups in total. The molecule has 1 atom stereocenters. The van der Waals surface area contributed by atoms with Gasteiger partial charge in [0.1, 0.15) is 0 Å². The van der Waals surface area contributed by atoms with Crippen LogP contribution in [0.15, 0.2) is 12.3 Å². The molecule has 1 aromatic rings. The Balaban J connectivity index is 2.45. The summed E-state index contributed by atoms with van der Waals surface area (Å²) in [6, 6.07) is 2.22. The Morgan fingerprint density at radius 3 is 2.94 bits per heavy atom. The summed E-state index contributed by atoms with van der Waals surface area (Å²) in [5, 5.41) is 6.73. The molecule has 0 amide bonds. The minimum absolute atomic E-state index is 0.370. The molecule has 0 aliphatic heterocycles. The van der Waals surface area contributed by atoms with Crippen LogP contribution in [-0.4, -0.2) is 21.1 Å². The average Bonchev–Trinajstić information content (AvgIpc) is 2.17. The number of nitrogens with zero attached hydrogens (tertiary/aromatic N) is 2. The van der Waals surface area contributed by atoms with Crippen molar-refractivity contribution in [3.8, 4) is 0 Å². The lowest BCUT2D eigenvalue weighted by Crippen LogP contribution is -2.36. The zero-order chi connectivity index (χ0) is 12.0. The van der Waals surface area contributed by atoms with Crippen molar-refractivity contribution in [2.24, 2.45) is 0 Å². The van der Waals surface area contributed by atoms with Crippen molar-refractivity contribution >= 4 is 23.3 Å². The predicted octanol–water partition coefficient (Wildman–Crippen LogP) is 2.26. The summed E-state index contributed by atoms with van der Waals surface area (Å²) in [6.07, 6.45) is 3.94. The fraction of sp³-hybridized carbons (Fsp3) is 0.545. The Kier molecular flexibility index (Phi) is 5.11. The standard InChI is InChI=1S/C11H18N4S/c1-4-5-8(2)14-11(16)15-10-12-7-6-9(3)13-10/h6-8H,4-5H2,1-3H3,(H2,12,13,14,15,16)/t8-/m0/s1. The van der Waals surface area contributed by atoms with E-state index < -0.39 is 0 Å². The fourth-order valence-corrected chi connectivity index (χ4v) is 1.67. The van der Waals surface area contributed by atoms with Gasteiger partial charge in [-0.25, -0.2) is 9.97 Å². The van der Waals surface area contributed by atoms with E-state index in [1.807, 2.05) is 13.0 Å². The monoisotopic (exact) mass is 238 g/mol. The van der Waals surface area contributed by atoms with Crippen LogP contribution in [0, 0.1) is 6.92 Å². The average molecular weight is 238 g/mol. The molecule has 0 unspecified atom stereocenters. The quantitative estimate of drug-likeness (QED) is 0.788. The number of rotatable bonds is 4. The first-order valence-electron chi connectivity index (χ1n) is 5.49. The number of hydrogen-bond donors (Lipinski definition) is 2. The molecule has 1 aromatic heterocycles. The van der Waals surface area contributed by atoms with Gasteiger partial charge in [-0.05, 0) is 38.6 Å². The van der Waals surface area contributed by atoms with Crippen molar-refractivity contribution in [2.75, 3.05) is 5.32 Å². The minimum atomic E-state index is 0.370. The Labute approximate surface area is 102 Å². The van der Waals surface area contributed by atoms with Gasteiger partial charge < -0.3 is 10.6 Å². The largest absolute Gasteiger partial charge is 0.360 e. The van der Waals surface area contributed by atoms with Crippen molar-refractivity contribution in [1.29, 1.82) is 0 Å². The molecule has 88 valence electrons. The zero-order valence-electron chi connectivity index (χ0n) is 9.95. The van der Waals surface area contributed by atoms with Crippen LogP contribution in [0.2, 0.25) is 0 Å². The van der Waals surface area contributed by atoms with Crippen molar-refractivity contribution in [3.63, 3.8) is 0 Å². The lowest BCUT2D eigenvalue weighted by molar-refractivity contribution is 0.599. The Morgan fingerprint density at radius 1 is 1.56 bits per heavy atom. The van der Waals surface area contributed by atoms with E-state index in [9.17, 15) is 0 Å². The first kappa shape index (κ1) is 12.8. The topological polar surface area (TPSA) is 49.8 Å². The number of nitrogens with one attached hydrogen (secondary N) is 2. The van der Waals surface area contributed by atoms with Gasteiger partial charge in [-0.3, -0.25) is 0 Å². The third-order valence-corrected chi connectivity index (χ3v) is 2.34. The molecule has 16 heavy (non-hydrogen) atoms. The van der Waals surface area contributed by atoms with Crippen molar-refractivity contribution in [2.45, 2.75) is 39.7 Å². The Morgan fingerprint density at radius 2 is 2.31 bits per heavy atom. The molecule has 0 aliphatic rings. The summed E-state index contributed by atoms with van der Waals surface area (Å²) in [4.78, 5) is 8.30. The summed E-state index contributed by atoms with van der Waals surface area (Å²) in [5.41, 5.74) is 0.918. The highest BCUT2D eigenvalue weighted by Gasteiger charge is 2.04. The maximum Gasteiger partial charge on any atom is 0.229 e. The molecule has 0 aromatic carbocycles. The molecule has 0 saturated heterocycles. The van der Waals surface area contributed by atoms with Gasteiger partial charge in [0, 0.05) is 17.9 Å². The molecule has 0 aliphatic carbocycles. The van der Waals surface area contributed by atoms with Gasteiger partial charge in [0.15, 0.2) is 5.11 Å². The van der Waals surface area contributed by atoms with Crippen LogP contribution in [0.3, 0.4) is 0 Å². The van der Waals surface area contributed by atoms with Gasteiger partial charge in [0.2, 0.25) is 5.95 Å². The summed E-state index contributed by atoms with van der Waals surface area (Å²) in [5.74, 6) is 0.543. The zero-order valence-corrected chi connectivity index (χ0v) is 10.8. The second-order valence-corrected chi connectivity index (χ2v) is 4.22. The second kappa shape index (κ2) is 6.37. The van der Waals surface area contributed by atoms with Gasteiger partial charge in [0.25, 0.3) is 0 Å². The van der Waals surface area contributed by atoms with Gasteiger partial charge in [-0.1, -0.05) is 13.3 Å². The maximum absolute atomic E-state index is 5.17. The van der Waals surface area contributed by atoms with E-state index in [0.29, 0.717) is 17.1 Å². The smallest absolute Gasteiger partial charge is 0.229 e. The first-order chi connectivity index (χ1) is 7.61. The third kappa shape index (κ3) is 4.53. The molecule has 0 radical (unpaired) electrons. The molecule has 5 heteroatoms. The van der Waals surface area contributed by atoms with Gasteiger partial charge in [-0.15, -0.1) is 0 Å². The summed E-state index contributed by atoms with van der Waals surface area (Å²) >= 11 is 5.17. The second-order valence-electron chi connectivity index (χ2n) is 3.81. The Bertz CT molecular complexity index is 354. The molecule has 4 nitrogen and oxygen atoms in total. The normalized spacial score (nSPS) is 11.9. The predicted molar refractivity (Wildman–Crippen MR) is 70.5 cm³/mol. The van der Waals surface area contributed by atoms with E-state index in [-0.39, 0.29) is 0 Å². The van der Waals surface area contributed by atoms with E-state index in [2.05, 4.69) is 34.4 Å². The van der Waals surface area contributed by atoms with E-state index in [4.69, 9.17) is 12.2 Å². The number of aryl methyl sites for hydroxylation is 1. The third-order valence-electron chi connectivity index (χ3n) is 2.12. The molecule has 0 fully saturated rings. The molecule has 0 spiro atoms. The summed E-state index contributed by atoms with van der Waals surface area (Å²) < 4.78 is 0. The summed E-state index contributed by atoms with van der Waals surface area (Å²) in [7, 11) is 0. The van der Waals surface area contributed by atoms with Crippen LogP contribution < -0.4 is 10.6 Å². The lowest BCUT2D eigenvalue weighted by Gasteiger charge is -2.15. The highest BCUT2D eigenvalue weighted by molar-refractivity contribution is 7.80. The highest BCUT2D eigenvalue weighted by atomic mass is 32.1. The number of thiocarbonyl (C=S) groups is 1. The number of anilines is 1. The highest BCUT2D eigenvalue weighted by Crippen LogP contribution is 2.00. The first-order valence-corrected chi connectivity index (χ1v) is 5.89. The van der Waals surface area contributed by atoms with Crippen LogP contribution in [-0.2, 0) is 0 Å². The van der Waals surface area contributed by atoms with E-state index in [1.165, 1.54) is 0 Å². The lowest BCUT2D eigenvalue weighted by atomic mass is 10.2. The van der Waals surface area contributed by atoms with E-state index in [0.717, 1.165) is 18.5 Å². The van der Waals surface area contributed by atoms with Crippen LogP contribution in [0.4, 0.5) is 5.95 Å².